The Labute approximate surface area is 107 Å². The van der Waals surface area contributed by atoms with Crippen molar-refractivity contribution in [3.63, 3.8) is 0 Å². The molecule has 1 heterocycles. The lowest BCUT2D eigenvalue weighted by atomic mass is 10.2. The van der Waals surface area contributed by atoms with Crippen LogP contribution in [0.1, 0.15) is 26.2 Å². The molecule has 4 nitrogen and oxygen atoms in total. The molecule has 100 valence electrons. The van der Waals surface area contributed by atoms with Gasteiger partial charge in [-0.1, -0.05) is 19.8 Å². The van der Waals surface area contributed by atoms with Gasteiger partial charge in [-0.05, 0) is 12.0 Å². The van der Waals surface area contributed by atoms with Gasteiger partial charge < -0.3 is 14.4 Å². The van der Waals surface area contributed by atoms with Crippen molar-refractivity contribution < 1.29 is 9.47 Å². The molecule has 1 unspecified atom stereocenters. The molecule has 1 aliphatic heterocycles. The maximum Gasteiger partial charge on any atom is 0.134 e. The van der Waals surface area contributed by atoms with Crippen LogP contribution < -0.4 is 0 Å². The first-order valence-corrected chi connectivity index (χ1v) is 8.23. The van der Waals surface area contributed by atoms with Gasteiger partial charge in [-0.3, -0.25) is 4.99 Å². The highest BCUT2D eigenvalue weighted by molar-refractivity contribution is 6.38. The zero-order chi connectivity index (χ0) is 12.5. The van der Waals surface area contributed by atoms with Crippen LogP contribution in [0, 0.1) is 0 Å². The highest BCUT2D eigenvalue weighted by Gasteiger charge is 2.17. The second-order valence-electron chi connectivity index (χ2n) is 4.64. The summed E-state index contributed by atoms with van der Waals surface area (Å²) in [6.45, 7) is 5.46. The number of aliphatic imine (C=N–C) groups is 1. The molecule has 1 aliphatic rings. The molecule has 0 amide bonds. The van der Waals surface area contributed by atoms with Gasteiger partial charge in [0.05, 0.1) is 22.4 Å². The Bertz CT molecular complexity index is 223. The van der Waals surface area contributed by atoms with Gasteiger partial charge in [0.25, 0.3) is 0 Å². The van der Waals surface area contributed by atoms with E-state index in [1.165, 1.54) is 19.3 Å². The van der Waals surface area contributed by atoms with E-state index in [0.29, 0.717) is 0 Å². The molecule has 0 aromatic carbocycles. The molecular weight excluding hydrogens is 232 g/mol. The van der Waals surface area contributed by atoms with Crippen molar-refractivity contribution in [3.05, 3.63) is 0 Å². The predicted molar refractivity (Wildman–Crippen MR) is 74.6 cm³/mol. The molecule has 0 bridgehead atoms. The Balaban J connectivity index is 2.28. The highest BCUT2D eigenvalue weighted by Crippen LogP contribution is 2.19. The number of rotatable bonds is 9. The van der Waals surface area contributed by atoms with Gasteiger partial charge in [0, 0.05) is 27.3 Å². The number of nitrogens with zero attached hydrogens (tertiary/aromatic N) is 2. The zero-order valence-electron chi connectivity index (χ0n) is 11.4. The van der Waals surface area contributed by atoms with Gasteiger partial charge in [-0.15, -0.1) is 0 Å². The van der Waals surface area contributed by atoms with E-state index in [4.69, 9.17) is 9.47 Å². The molecule has 5 heteroatoms. The first kappa shape index (κ1) is 14.7. The topological polar surface area (TPSA) is 34.1 Å². The third-order valence-corrected chi connectivity index (χ3v) is 5.87. The maximum absolute atomic E-state index is 5.35. The van der Waals surface area contributed by atoms with Crippen LogP contribution in [-0.4, -0.2) is 60.5 Å². The predicted octanol–water partition coefficient (Wildman–Crippen LogP) is 1.05. The third kappa shape index (κ3) is 5.65. The Kier molecular flexibility index (Phi) is 7.47. The van der Waals surface area contributed by atoms with E-state index in [1.54, 1.807) is 14.2 Å². The summed E-state index contributed by atoms with van der Waals surface area (Å²) >= 11 is 0. The van der Waals surface area contributed by atoms with E-state index in [1.807, 2.05) is 6.34 Å². The van der Waals surface area contributed by atoms with Crippen LogP contribution in [0.3, 0.4) is 0 Å². The van der Waals surface area contributed by atoms with E-state index in [9.17, 15) is 0 Å². The first-order chi connectivity index (χ1) is 8.30. The lowest BCUT2D eigenvalue weighted by Crippen LogP contribution is -2.28. The summed E-state index contributed by atoms with van der Waals surface area (Å²) in [7, 11) is 3.17. The van der Waals surface area contributed by atoms with E-state index in [-0.39, 0.29) is 15.4 Å². The van der Waals surface area contributed by atoms with Crippen molar-refractivity contribution in [1.29, 1.82) is 0 Å². The minimum Gasteiger partial charge on any atom is -0.361 e. The molecule has 0 N–H and O–H groups in total. The lowest BCUT2D eigenvalue weighted by molar-refractivity contribution is -0.0450. The molecular formula is C12H26N2O2Si. The average Bonchev–Trinajstić information content (AvgIpc) is 2.85. The molecule has 0 spiro atoms. The van der Waals surface area contributed by atoms with Crippen LogP contribution in [-0.2, 0) is 9.47 Å². The Morgan fingerprint density at radius 1 is 1.35 bits per heavy atom. The summed E-state index contributed by atoms with van der Waals surface area (Å²) < 4.78 is 10.7. The van der Waals surface area contributed by atoms with Crippen molar-refractivity contribution in [2.75, 3.05) is 33.9 Å². The van der Waals surface area contributed by atoms with Gasteiger partial charge in [-0.2, -0.15) is 0 Å². The number of ether oxygens (including phenoxy) is 2. The minimum absolute atomic E-state index is 0.0822. The molecule has 0 radical (unpaired) electrons. The van der Waals surface area contributed by atoms with Gasteiger partial charge >= 0.3 is 0 Å². The monoisotopic (exact) mass is 258 g/mol. The number of hydrogen-bond donors (Lipinski definition) is 0. The van der Waals surface area contributed by atoms with Crippen molar-refractivity contribution in [2.24, 2.45) is 4.99 Å². The lowest BCUT2D eigenvalue weighted by Gasteiger charge is -2.23. The van der Waals surface area contributed by atoms with Gasteiger partial charge in [0.2, 0.25) is 0 Å². The zero-order valence-corrected chi connectivity index (χ0v) is 12.8. The van der Waals surface area contributed by atoms with Crippen molar-refractivity contribution in [3.8, 4) is 0 Å². The van der Waals surface area contributed by atoms with Gasteiger partial charge in [0.1, 0.15) is 5.91 Å². The average molecular weight is 258 g/mol. The summed E-state index contributed by atoms with van der Waals surface area (Å²) in [6.07, 6.45) is 5.82. The third-order valence-electron chi connectivity index (χ3n) is 3.33. The van der Waals surface area contributed by atoms with Crippen molar-refractivity contribution >= 4 is 15.9 Å². The van der Waals surface area contributed by atoms with Crippen LogP contribution in [0.25, 0.3) is 0 Å². The Morgan fingerprint density at radius 2 is 2.12 bits per heavy atom. The fraction of sp³-hybridized carbons (Fsp3) is 0.917. The van der Waals surface area contributed by atoms with E-state index in [2.05, 4.69) is 16.8 Å². The fourth-order valence-electron chi connectivity index (χ4n) is 2.28. The molecule has 0 saturated heterocycles. The van der Waals surface area contributed by atoms with Crippen LogP contribution >= 0.6 is 0 Å². The van der Waals surface area contributed by atoms with Crippen LogP contribution in [0.4, 0.5) is 0 Å². The maximum atomic E-state index is 5.35. The summed E-state index contributed by atoms with van der Waals surface area (Å²) in [6, 6.07) is 0. The number of methoxy groups -OCH3 is 2. The van der Waals surface area contributed by atoms with Crippen molar-refractivity contribution in [2.45, 2.75) is 37.6 Å². The quantitative estimate of drug-likeness (QED) is 0.458. The van der Waals surface area contributed by atoms with Crippen molar-refractivity contribution in [1.82, 2.24) is 4.90 Å². The Hall–Kier alpha value is -0.393. The molecule has 0 aliphatic carbocycles. The second-order valence-corrected chi connectivity index (χ2v) is 6.93. The van der Waals surface area contributed by atoms with Crippen LogP contribution in [0.15, 0.2) is 4.99 Å². The summed E-state index contributed by atoms with van der Waals surface area (Å²) in [5.74, 6) is 0.0822. The minimum atomic E-state index is -0.325. The van der Waals surface area contributed by atoms with E-state index < -0.39 is 0 Å². The van der Waals surface area contributed by atoms with E-state index >= 15 is 0 Å². The highest BCUT2D eigenvalue weighted by atomic mass is 28.2. The SMILES string of the molecule is CCCC(CCN1C=NCC1)[SiH2]C(OC)OC. The molecule has 0 fully saturated rings. The Morgan fingerprint density at radius 3 is 2.65 bits per heavy atom. The summed E-state index contributed by atoms with van der Waals surface area (Å²) in [5.41, 5.74) is 0.818. The van der Waals surface area contributed by atoms with Crippen LogP contribution in [0.2, 0.25) is 5.54 Å². The van der Waals surface area contributed by atoms with Gasteiger partial charge in [-0.25, -0.2) is 0 Å². The summed E-state index contributed by atoms with van der Waals surface area (Å²) in [5, 5.41) is 0. The van der Waals surface area contributed by atoms with E-state index in [0.717, 1.165) is 25.2 Å². The standard InChI is InChI=1S/C12H26N2O2Si/c1-4-5-11(17-12(15-2)16-3)6-8-14-9-7-13-10-14/h10-12H,4-9,17H2,1-3H3. The second kappa shape index (κ2) is 8.66. The first-order valence-electron chi connectivity index (χ1n) is 6.59. The summed E-state index contributed by atoms with van der Waals surface area (Å²) in [4.78, 5) is 6.57. The van der Waals surface area contributed by atoms with Crippen LogP contribution in [0.5, 0.6) is 0 Å². The molecule has 0 aromatic heterocycles. The van der Waals surface area contributed by atoms with Gasteiger partial charge in [0.15, 0.2) is 0 Å². The normalized spacial score (nSPS) is 17.8. The molecule has 17 heavy (non-hydrogen) atoms. The largest absolute Gasteiger partial charge is 0.361 e. The molecule has 0 aromatic rings. The molecule has 0 saturated carbocycles. The smallest absolute Gasteiger partial charge is 0.134 e. The molecule has 1 atom stereocenters. The fourth-order valence-corrected chi connectivity index (χ4v) is 4.28. The number of hydrogen-bond acceptors (Lipinski definition) is 4. The molecule has 1 rings (SSSR count).